The van der Waals surface area contributed by atoms with E-state index in [-0.39, 0.29) is 10.2 Å². The third kappa shape index (κ3) is 2.43. The molecule has 26 heavy (non-hydrogen) atoms. The van der Waals surface area contributed by atoms with Crippen molar-refractivity contribution in [2.45, 2.75) is 56.0 Å². The van der Waals surface area contributed by atoms with Crippen LogP contribution in [0.4, 0.5) is 22.0 Å². The van der Waals surface area contributed by atoms with E-state index in [1.165, 1.54) is 6.07 Å². The molecule has 1 spiro atoms. The summed E-state index contributed by atoms with van der Waals surface area (Å²) in [6.45, 7) is 1.58. The van der Waals surface area contributed by atoms with Gasteiger partial charge in [0.25, 0.3) is 11.5 Å². The number of rotatable bonds is 1. The van der Waals surface area contributed by atoms with Crippen molar-refractivity contribution in [2.24, 2.45) is 0 Å². The molecule has 1 fully saturated rings. The quantitative estimate of drug-likeness (QED) is 0.654. The molecule has 1 amide bonds. The first-order valence-corrected chi connectivity index (χ1v) is 8.47. The van der Waals surface area contributed by atoms with Crippen molar-refractivity contribution in [2.75, 3.05) is 0 Å². The summed E-state index contributed by atoms with van der Waals surface area (Å²) in [5, 5.41) is 12.5. The Balaban J connectivity index is 2.02. The Morgan fingerprint density at radius 2 is 1.69 bits per heavy atom. The van der Waals surface area contributed by atoms with Crippen molar-refractivity contribution in [1.82, 2.24) is 9.88 Å². The number of aryl methyl sites for hydroxylation is 1. The topological polar surface area (TPSA) is 71.3 Å². The first-order chi connectivity index (χ1) is 11.8. The summed E-state index contributed by atoms with van der Waals surface area (Å²) in [7, 11) is 0. The van der Waals surface area contributed by atoms with Crippen molar-refractivity contribution in [3.8, 4) is 0 Å². The van der Waals surface area contributed by atoms with Gasteiger partial charge in [0, 0.05) is 0 Å². The fourth-order valence-electron chi connectivity index (χ4n) is 3.72. The summed E-state index contributed by atoms with van der Waals surface area (Å²) in [6, 6.07) is 1.43. The first kappa shape index (κ1) is 19.3. The van der Waals surface area contributed by atoms with Crippen molar-refractivity contribution < 1.29 is 31.9 Å². The molecule has 0 unspecified atom stereocenters. The van der Waals surface area contributed by atoms with Gasteiger partial charge >= 0.3 is 12.1 Å². The summed E-state index contributed by atoms with van der Waals surface area (Å²) in [5.74, 6) is -5.91. The van der Waals surface area contributed by atoms with Gasteiger partial charge in [-0.15, -0.1) is 0 Å². The number of hydrogen-bond acceptors (Lipinski definition) is 3. The minimum atomic E-state index is -5.90. The molecule has 2 aliphatic rings. The monoisotopic (exact) mass is 444 g/mol. The van der Waals surface area contributed by atoms with Gasteiger partial charge in [-0.1, -0.05) is 0 Å². The maximum atomic E-state index is 13.7. The van der Waals surface area contributed by atoms with Crippen LogP contribution >= 0.6 is 15.9 Å². The molecule has 144 valence electrons. The SMILES string of the molecule is Cc1cc(Br)c(=O)n2c1C(=O)N[C@]21CC[C@@](O)(C(F)(F)C(F)(F)F)CC1. The highest BCUT2D eigenvalue weighted by Crippen LogP contribution is 2.52. The van der Waals surface area contributed by atoms with Crippen molar-refractivity contribution >= 4 is 21.8 Å². The maximum absolute atomic E-state index is 13.7. The number of aliphatic hydroxyl groups is 1. The average Bonchev–Trinajstić information content (AvgIpc) is 2.80. The maximum Gasteiger partial charge on any atom is 0.456 e. The van der Waals surface area contributed by atoms with Crippen LogP contribution in [0.2, 0.25) is 0 Å². The molecule has 0 bridgehead atoms. The largest absolute Gasteiger partial charge is 0.456 e. The molecular formula is C15H14BrF5N2O3. The van der Waals surface area contributed by atoms with E-state index in [9.17, 15) is 36.6 Å². The number of carbonyl (C=O) groups excluding carboxylic acids is 1. The summed E-state index contributed by atoms with van der Waals surface area (Å²) in [5.41, 5.74) is -4.85. The van der Waals surface area contributed by atoms with Gasteiger partial charge in [-0.25, -0.2) is 0 Å². The number of hydrogen-bond donors (Lipinski definition) is 2. The van der Waals surface area contributed by atoms with Crippen LogP contribution in [0.15, 0.2) is 15.3 Å². The van der Waals surface area contributed by atoms with Crippen LogP contribution in [0.3, 0.4) is 0 Å². The fourth-order valence-corrected chi connectivity index (χ4v) is 4.24. The number of nitrogens with one attached hydrogen (secondary N) is 1. The molecule has 0 radical (unpaired) electrons. The van der Waals surface area contributed by atoms with E-state index >= 15 is 0 Å². The zero-order valence-corrected chi connectivity index (χ0v) is 15.0. The van der Waals surface area contributed by atoms with Gasteiger partial charge < -0.3 is 10.4 Å². The van der Waals surface area contributed by atoms with Crippen LogP contribution < -0.4 is 10.9 Å². The highest BCUT2D eigenvalue weighted by Gasteiger charge is 2.71. The summed E-state index contributed by atoms with van der Waals surface area (Å²) in [4.78, 5) is 24.7. The molecular weight excluding hydrogens is 431 g/mol. The lowest BCUT2D eigenvalue weighted by atomic mass is 9.74. The third-order valence-corrected chi connectivity index (χ3v) is 5.75. The summed E-state index contributed by atoms with van der Waals surface area (Å²) in [6.07, 6.45) is -8.65. The number of aromatic nitrogens is 1. The molecule has 1 aliphatic carbocycles. The molecule has 3 rings (SSSR count). The van der Waals surface area contributed by atoms with Gasteiger partial charge in [0.05, 0.1) is 4.47 Å². The number of halogens is 6. The number of fused-ring (bicyclic) bond motifs is 2. The predicted molar refractivity (Wildman–Crippen MR) is 83.0 cm³/mol. The van der Waals surface area contributed by atoms with E-state index < -0.39 is 60.5 Å². The second-order valence-electron chi connectivity index (χ2n) is 6.75. The molecule has 1 aromatic rings. The van der Waals surface area contributed by atoms with Gasteiger partial charge in [0.15, 0.2) is 0 Å². The number of amides is 1. The molecule has 0 aromatic carbocycles. The van der Waals surface area contributed by atoms with Crippen LogP contribution in [0, 0.1) is 6.92 Å². The third-order valence-electron chi connectivity index (χ3n) is 5.18. The average molecular weight is 445 g/mol. The number of pyridine rings is 1. The molecule has 11 heteroatoms. The van der Waals surface area contributed by atoms with Crippen LogP contribution in [0.1, 0.15) is 41.7 Å². The second kappa shape index (κ2) is 5.51. The fraction of sp³-hybridized carbons (Fsp3) is 0.600. The minimum Gasteiger partial charge on any atom is -0.383 e. The van der Waals surface area contributed by atoms with E-state index in [2.05, 4.69) is 21.2 Å². The lowest BCUT2D eigenvalue weighted by Gasteiger charge is -2.45. The molecule has 1 aromatic heterocycles. The summed E-state index contributed by atoms with van der Waals surface area (Å²) < 4.78 is 66.7. The summed E-state index contributed by atoms with van der Waals surface area (Å²) >= 11 is 3.06. The van der Waals surface area contributed by atoms with Gasteiger partial charge in [-0.2, -0.15) is 22.0 Å². The zero-order valence-electron chi connectivity index (χ0n) is 13.4. The Morgan fingerprint density at radius 1 is 1.15 bits per heavy atom. The van der Waals surface area contributed by atoms with Crippen molar-refractivity contribution in [1.29, 1.82) is 0 Å². The van der Waals surface area contributed by atoms with Gasteiger partial charge in [0.2, 0.25) is 0 Å². The highest BCUT2D eigenvalue weighted by molar-refractivity contribution is 9.10. The predicted octanol–water partition coefficient (Wildman–Crippen LogP) is 2.82. The van der Waals surface area contributed by atoms with E-state index in [0.717, 1.165) is 4.57 Å². The molecule has 1 saturated carbocycles. The van der Waals surface area contributed by atoms with Gasteiger partial charge in [-0.3, -0.25) is 14.2 Å². The van der Waals surface area contributed by atoms with E-state index in [1.807, 2.05) is 0 Å². The number of carbonyl (C=O) groups is 1. The Hall–Kier alpha value is -1.49. The normalized spacial score (nSPS) is 29.0. The van der Waals surface area contributed by atoms with E-state index in [4.69, 9.17) is 0 Å². The zero-order chi connectivity index (χ0) is 19.7. The Morgan fingerprint density at radius 3 is 2.19 bits per heavy atom. The van der Waals surface area contributed by atoms with Crippen LogP contribution in [-0.4, -0.2) is 33.3 Å². The van der Waals surface area contributed by atoms with Crippen molar-refractivity contribution in [3.63, 3.8) is 0 Å². The van der Waals surface area contributed by atoms with Crippen LogP contribution in [-0.2, 0) is 5.66 Å². The molecule has 2 N–H and O–H groups in total. The van der Waals surface area contributed by atoms with E-state index in [0.29, 0.717) is 5.56 Å². The molecule has 2 heterocycles. The molecule has 1 aliphatic heterocycles. The van der Waals surface area contributed by atoms with Crippen molar-refractivity contribution in [3.05, 3.63) is 32.2 Å². The molecule has 0 atom stereocenters. The van der Waals surface area contributed by atoms with Gasteiger partial charge in [-0.05, 0) is 60.2 Å². The van der Waals surface area contributed by atoms with Gasteiger partial charge in [0.1, 0.15) is 17.0 Å². The lowest BCUT2D eigenvalue weighted by molar-refractivity contribution is -0.349. The van der Waals surface area contributed by atoms with E-state index in [1.54, 1.807) is 6.92 Å². The standard InChI is InChI=1S/C15H14BrF5N2O3/c1-7-6-8(16)11(25)23-9(7)10(24)22-13(23)4-2-12(26,3-5-13)14(17,18)15(19,20)21/h6,26H,2-5H2,1H3,(H,22,24)/t12-,13+. The number of nitrogens with zero attached hydrogens (tertiary/aromatic N) is 1. The molecule has 0 saturated heterocycles. The highest BCUT2D eigenvalue weighted by atomic mass is 79.9. The Labute approximate surface area is 152 Å². The molecule has 5 nitrogen and oxygen atoms in total. The van der Waals surface area contributed by atoms with Crippen LogP contribution in [0.25, 0.3) is 0 Å². The van der Waals surface area contributed by atoms with Crippen LogP contribution in [0.5, 0.6) is 0 Å². The Bertz CT molecular complexity index is 841. The smallest absolute Gasteiger partial charge is 0.383 e. The second-order valence-corrected chi connectivity index (χ2v) is 7.61. The number of alkyl halides is 5. The first-order valence-electron chi connectivity index (χ1n) is 7.68. The minimum absolute atomic E-state index is 0.0335. The Kier molecular flexibility index (Phi) is 4.08. The lowest BCUT2D eigenvalue weighted by Crippen LogP contribution is -2.62.